The highest BCUT2D eigenvalue weighted by Gasteiger charge is 2.17. The van der Waals surface area contributed by atoms with Crippen molar-refractivity contribution in [3.8, 4) is 5.75 Å². The van der Waals surface area contributed by atoms with Crippen LogP contribution in [0.5, 0.6) is 5.75 Å². The van der Waals surface area contributed by atoms with Crippen molar-refractivity contribution in [3.63, 3.8) is 0 Å². The smallest absolute Gasteiger partial charge is 0.306 e. The van der Waals surface area contributed by atoms with E-state index in [4.69, 9.17) is 9.47 Å². The van der Waals surface area contributed by atoms with Crippen molar-refractivity contribution in [2.45, 2.75) is 12.8 Å². The summed E-state index contributed by atoms with van der Waals surface area (Å²) < 4.78 is 11.5. The Morgan fingerprint density at radius 1 is 1.00 bits per heavy atom. The van der Waals surface area contributed by atoms with Crippen molar-refractivity contribution >= 4 is 34.8 Å². The molecule has 7 heteroatoms. The number of Topliss-reactive ketones (excluding diaryl/α,β-unsaturated/α-hetero) is 1. The van der Waals surface area contributed by atoms with Gasteiger partial charge in [0.1, 0.15) is 5.75 Å². The van der Waals surface area contributed by atoms with Crippen molar-refractivity contribution in [2.24, 2.45) is 0 Å². The molecule has 0 N–H and O–H groups in total. The molecule has 3 rings (SSSR count). The highest BCUT2D eigenvalue weighted by molar-refractivity contribution is 6.03. The third kappa shape index (κ3) is 4.40. The summed E-state index contributed by atoms with van der Waals surface area (Å²) in [6.07, 6.45) is 1.85. The minimum Gasteiger partial charge on any atom is -0.496 e. The summed E-state index contributed by atoms with van der Waals surface area (Å²) in [6, 6.07) is 13.7. The summed E-state index contributed by atoms with van der Waals surface area (Å²) in [7, 11) is 1.45. The largest absolute Gasteiger partial charge is 0.496 e. The molecule has 2 aromatic carbocycles. The SMILES string of the molecule is COc1ccccc1C(=O)COC(=O)CCC(=O)n1cc(C=O)c2ccccc21. The van der Waals surface area contributed by atoms with Gasteiger partial charge in [-0.1, -0.05) is 30.3 Å². The van der Waals surface area contributed by atoms with Gasteiger partial charge in [-0.15, -0.1) is 0 Å². The Morgan fingerprint density at radius 3 is 2.48 bits per heavy atom. The Kier molecular flexibility index (Phi) is 6.19. The summed E-state index contributed by atoms with van der Waals surface area (Å²) in [5.74, 6) is -1.00. The number of fused-ring (bicyclic) bond motifs is 1. The first-order chi connectivity index (χ1) is 14.0. The average Bonchev–Trinajstić information content (AvgIpc) is 3.14. The molecule has 1 heterocycles. The number of carbonyl (C=O) groups excluding carboxylic acids is 4. The first-order valence-corrected chi connectivity index (χ1v) is 8.95. The second-order valence-corrected chi connectivity index (χ2v) is 6.27. The Balaban J connectivity index is 1.58. The molecule has 1 aromatic heterocycles. The minimum atomic E-state index is -0.659. The third-order valence-corrected chi connectivity index (χ3v) is 4.45. The van der Waals surface area contributed by atoms with Crippen molar-refractivity contribution < 1.29 is 28.7 Å². The number of rotatable bonds is 8. The number of hydrogen-bond acceptors (Lipinski definition) is 6. The van der Waals surface area contributed by atoms with Gasteiger partial charge in [0.2, 0.25) is 11.7 Å². The van der Waals surface area contributed by atoms with Gasteiger partial charge in [-0.25, -0.2) is 0 Å². The Hall–Kier alpha value is -3.74. The number of methoxy groups -OCH3 is 1. The van der Waals surface area contributed by atoms with Gasteiger partial charge in [0.15, 0.2) is 12.9 Å². The van der Waals surface area contributed by atoms with Gasteiger partial charge in [0, 0.05) is 23.6 Å². The summed E-state index contributed by atoms with van der Waals surface area (Å²) in [5.41, 5.74) is 1.32. The molecule has 0 saturated carbocycles. The molecule has 29 heavy (non-hydrogen) atoms. The van der Waals surface area contributed by atoms with Crippen LogP contribution in [0.25, 0.3) is 10.9 Å². The summed E-state index contributed by atoms with van der Waals surface area (Å²) in [4.78, 5) is 47.9. The predicted octanol–water partition coefficient (Wildman–Crippen LogP) is 3.31. The number of aldehydes is 1. The fraction of sp³-hybridized carbons (Fsp3) is 0.182. The van der Waals surface area contributed by atoms with E-state index >= 15 is 0 Å². The van der Waals surface area contributed by atoms with Gasteiger partial charge in [0.05, 0.1) is 24.6 Å². The maximum absolute atomic E-state index is 12.5. The van der Waals surface area contributed by atoms with Gasteiger partial charge in [0.25, 0.3) is 0 Å². The molecule has 0 amide bonds. The van der Waals surface area contributed by atoms with E-state index in [0.29, 0.717) is 34.1 Å². The van der Waals surface area contributed by atoms with Crippen LogP contribution >= 0.6 is 0 Å². The monoisotopic (exact) mass is 393 g/mol. The number of benzene rings is 2. The fourth-order valence-corrected chi connectivity index (χ4v) is 3.01. The standard InChI is InChI=1S/C22H19NO6/c1-28-20-9-5-3-7-17(20)19(25)14-29-22(27)11-10-21(26)23-12-15(13-24)16-6-2-4-8-18(16)23/h2-9,12-13H,10-11,14H2,1H3. The number of esters is 1. The lowest BCUT2D eigenvalue weighted by molar-refractivity contribution is -0.142. The van der Waals surface area contributed by atoms with Crippen molar-refractivity contribution in [1.29, 1.82) is 0 Å². The fourth-order valence-electron chi connectivity index (χ4n) is 3.01. The van der Waals surface area contributed by atoms with E-state index in [2.05, 4.69) is 0 Å². The Labute approximate surface area is 166 Å². The molecule has 7 nitrogen and oxygen atoms in total. The molecule has 0 aliphatic carbocycles. The highest BCUT2D eigenvalue weighted by Crippen LogP contribution is 2.21. The number of carbonyl (C=O) groups is 4. The van der Waals surface area contributed by atoms with Gasteiger partial charge in [-0.3, -0.25) is 23.7 Å². The molecule has 0 spiro atoms. The molecule has 0 saturated heterocycles. The maximum Gasteiger partial charge on any atom is 0.306 e. The van der Waals surface area contributed by atoms with E-state index in [1.807, 2.05) is 0 Å². The van der Waals surface area contributed by atoms with E-state index in [-0.39, 0.29) is 18.7 Å². The molecule has 3 aromatic rings. The van der Waals surface area contributed by atoms with Crippen LogP contribution < -0.4 is 4.74 Å². The van der Waals surface area contributed by atoms with E-state index in [1.54, 1.807) is 48.5 Å². The summed E-state index contributed by atoms with van der Waals surface area (Å²) in [5, 5.41) is 0.667. The third-order valence-electron chi connectivity index (χ3n) is 4.45. The molecular formula is C22H19NO6. The highest BCUT2D eigenvalue weighted by atomic mass is 16.5. The normalized spacial score (nSPS) is 10.5. The molecule has 0 atom stereocenters. The van der Waals surface area contributed by atoms with Gasteiger partial charge in [-0.2, -0.15) is 0 Å². The molecule has 0 bridgehead atoms. The number of ether oxygens (including phenoxy) is 2. The lowest BCUT2D eigenvalue weighted by Crippen LogP contribution is -2.17. The average molecular weight is 393 g/mol. The van der Waals surface area contributed by atoms with Crippen molar-refractivity contribution in [3.05, 3.63) is 65.9 Å². The van der Waals surface area contributed by atoms with Crippen LogP contribution in [0.2, 0.25) is 0 Å². The van der Waals surface area contributed by atoms with Crippen LogP contribution in [-0.4, -0.2) is 42.2 Å². The topological polar surface area (TPSA) is 91.7 Å². The number of hydrogen-bond donors (Lipinski definition) is 0. The molecule has 0 fully saturated rings. The van der Waals surface area contributed by atoms with E-state index in [0.717, 1.165) is 0 Å². The predicted molar refractivity (Wildman–Crippen MR) is 105 cm³/mol. The van der Waals surface area contributed by atoms with Crippen LogP contribution in [0.1, 0.15) is 38.4 Å². The number of nitrogens with zero attached hydrogens (tertiary/aromatic N) is 1. The van der Waals surface area contributed by atoms with Gasteiger partial charge in [-0.05, 0) is 18.2 Å². The second kappa shape index (κ2) is 8.97. The molecule has 0 aliphatic rings. The maximum atomic E-state index is 12.5. The number of aromatic nitrogens is 1. The van der Waals surface area contributed by atoms with Crippen LogP contribution in [0.4, 0.5) is 0 Å². The first-order valence-electron chi connectivity index (χ1n) is 8.95. The zero-order valence-corrected chi connectivity index (χ0v) is 15.8. The Morgan fingerprint density at radius 2 is 1.72 bits per heavy atom. The van der Waals surface area contributed by atoms with Crippen LogP contribution in [0, 0.1) is 0 Å². The molecular weight excluding hydrogens is 374 g/mol. The van der Waals surface area contributed by atoms with Gasteiger partial charge < -0.3 is 9.47 Å². The van der Waals surface area contributed by atoms with E-state index < -0.39 is 18.4 Å². The van der Waals surface area contributed by atoms with Crippen LogP contribution in [-0.2, 0) is 9.53 Å². The summed E-state index contributed by atoms with van der Waals surface area (Å²) >= 11 is 0. The Bertz CT molecular complexity index is 1080. The van der Waals surface area contributed by atoms with E-state index in [1.165, 1.54) is 17.9 Å². The molecule has 0 radical (unpaired) electrons. The zero-order chi connectivity index (χ0) is 20.8. The summed E-state index contributed by atoms with van der Waals surface area (Å²) in [6.45, 7) is -0.435. The lowest BCUT2D eigenvalue weighted by atomic mass is 10.1. The molecule has 0 aliphatic heterocycles. The minimum absolute atomic E-state index is 0.112. The lowest BCUT2D eigenvalue weighted by Gasteiger charge is -2.08. The molecule has 148 valence electrons. The molecule has 0 unspecified atom stereocenters. The van der Waals surface area contributed by atoms with Crippen LogP contribution in [0.3, 0.4) is 0 Å². The quantitative estimate of drug-likeness (QED) is 0.331. The zero-order valence-electron chi connectivity index (χ0n) is 15.8. The number of para-hydroxylation sites is 2. The van der Waals surface area contributed by atoms with E-state index in [9.17, 15) is 19.2 Å². The first kappa shape index (κ1) is 20.0. The second-order valence-electron chi connectivity index (χ2n) is 6.27. The van der Waals surface area contributed by atoms with Crippen molar-refractivity contribution in [1.82, 2.24) is 4.57 Å². The number of ketones is 1. The van der Waals surface area contributed by atoms with Crippen molar-refractivity contribution in [2.75, 3.05) is 13.7 Å². The van der Waals surface area contributed by atoms with Crippen LogP contribution in [0.15, 0.2) is 54.7 Å². The van der Waals surface area contributed by atoms with Gasteiger partial charge >= 0.3 is 5.97 Å².